The Labute approximate surface area is 110 Å². The molecule has 5 nitrogen and oxygen atoms in total. The molecule has 1 aromatic rings. The standard InChI is InChI=1S/C14H14N2O3/c1-2-8-15-14(19)10-4-3-5-11(9-10)16-12(17)6-7-13(16)18/h2-5,9H,1,6-8H2,(H,15,19). The zero-order valence-corrected chi connectivity index (χ0v) is 10.4. The minimum Gasteiger partial charge on any atom is -0.349 e. The molecule has 0 spiro atoms. The Morgan fingerprint density at radius 2 is 2.00 bits per heavy atom. The monoisotopic (exact) mass is 258 g/mol. The van der Waals surface area contributed by atoms with Gasteiger partial charge in [-0.1, -0.05) is 12.1 Å². The van der Waals surface area contributed by atoms with Crippen LogP contribution in [0, 0.1) is 0 Å². The number of hydrogen-bond donors (Lipinski definition) is 1. The highest BCUT2D eigenvalue weighted by molar-refractivity contribution is 6.20. The number of nitrogens with one attached hydrogen (secondary N) is 1. The maximum Gasteiger partial charge on any atom is 0.251 e. The van der Waals surface area contributed by atoms with Crippen molar-refractivity contribution in [3.8, 4) is 0 Å². The molecule has 1 aliphatic rings. The Balaban J connectivity index is 2.24. The summed E-state index contributed by atoms with van der Waals surface area (Å²) in [7, 11) is 0. The van der Waals surface area contributed by atoms with Gasteiger partial charge in [0, 0.05) is 24.9 Å². The van der Waals surface area contributed by atoms with Gasteiger partial charge in [0.2, 0.25) is 11.8 Å². The zero-order chi connectivity index (χ0) is 13.8. The Morgan fingerprint density at radius 3 is 2.63 bits per heavy atom. The highest BCUT2D eigenvalue weighted by Gasteiger charge is 2.30. The van der Waals surface area contributed by atoms with Gasteiger partial charge in [-0.25, -0.2) is 0 Å². The first-order valence-corrected chi connectivity index (χ1v) is 5.98. The van der Waals surface area contributed by atoms with Crippen molar-refractivity contribution in [3.63, 3.8) is 0 Å². The fourth-order valence-corrected chi connectivity index (χ4v) is 1.92. The summed E-state index contributed by atoms with van der Waals surface area (Å²) < 4.78 is 0. The SMILES string of the molecule is C=CCNC(=O)c1cccc(N2C(=O)CCC2=O)c1. The van der Waals surface area contributed by atoms with Crippen LogP contribution in [0.15, 0.2) is 36.9 Å². The van der Waals surface area contributed by atoms with E-state index in [1.165, 1.54) is 0 Å². The number of nitrogens with zero attached hydrogens (tertiary/aromatic N) is 1. The lowest BCUT2D eigenvalue weighted by Gasteiger charge is -2.14. The number of carbonyl (C=O) groups excluding carboxylic acids is 3. The zero-order valence-electron chi connectivity index (χ0n) is 10.4. The van der Waals surface area contributed by atoms with Crippen LogP contribution in [0.4, 0.5) is 5.69 Å². The predicted molar refractivity (Wildman–Crippen MR) is 70.7 cm³/mol. The molecule has 2 rings (SSSR count). The second kappa shape index (κ2) is 5.48. The Bertz CT molecular complexity index is 535. The van der Waals surface area contributed by atoms with Crippen molar-refractivity contribution in [3.05, 3.63) is 42.5 Å². The molecule has 0 radical (unpaired) electrons. The van der Waals surface area contributed by atoms with Crippen LogP contribution in [0.1, 0.15) is 23.2 Å². The third-order valence-electron chi connectivity index (χ3n) is 2.83. The van der Waals surface area contributed by atoms with E-state index in [0.717, 1.165) is 4.90 Å². The quantitative estimate of drug-likeness (QED) is 0.653. The summed E-state index contributed by atoms with van der Waals surface area (Å²) in [6.07, 6.45) is 2.03. The lowest BCUT2D eigenvalue weighted by molar-refractivity contribution is -0.121. The van der Waals surface area contributed by atoms with Gasteiger partial charge < -0.3 is 5.32 Å². The fraction of sp³-hybridized carbons (Fsp3) is 0.214. The molecule has 0 aliphatic carbocycles. The molecule has 19 heavy (non-hydrogen) atoms. The predicted octanol–water partition coefficient (Wildman–Crippen LogP) is 1.26. The molecular weight excluding hydrogens is 244 g/mol. The number of rotatable bonds is 4. The fourth-order valence-electron chi connectivity index (χ4n) is 1.92. The van der Waals surface area contributed by atoms with Gasteiger partial charge in [-0.2, -0.15) is 0 Å². The van der Waals surface area contributed by atoms with Crippen molar-refractivity contribution in [2.45, 2.75) is 12.8 Å². The van der Waals surface area contributed by atoms with E-state index in [0.29, 0.717) is 17.8 Å². The van der Waals surface area contributed by atoms with Crippen molar-refractivity contribution in [2.75, 3.05) is 11.4 Å². The highest BCUT2D eigenvalue weighted by atomic mass is 16.2. The van der Waals surface area contributed by atoms with Gasteiger partial charge in [-0.05, 0) is 18.2 Å². The van der Waals surface area contributed by atoms with Crippen LogP contribution in [0.25, 0.3) is 0 Å². The minimum absolute atomic E-state index is 0.228. The number of benzene rings is 1. The van der Waals surface area contributed by atoms with E-state index in [1.54, 1.807) is 30.3 Å². The van der Waals surface area contributed by atoms with Crippen LogP contribution in [0.3, 0.4) is 0 Å². The van der Waals surface area contributed by atoms with E-state index in [2.05, 4.69) is 11.9 Å². The van der Waals surface area contributed by atoms with E-state index >= 15 is 0 Å². The molecule has 3 amide bonds. The third kappa shape index (κ3) is 2.70. The molecule has 0 bridgehead atoms. The molecule has 0 saturated carbocycles. The average Bonchev–Trinajstić information content (AvgIpc) is 2.75. The van der Waals surface area contributed by atoms with Crippen LogP contribution >= 0.6 is 0 Å². The van der Waals surface area contributed by atoms with E-state index in [9.17, 15) is 14.4 Å². The average molecular weight is 258 g/mol. The van der Waals surface area contributed by atoms with Crippen molar-refractivity contribution in [2.24, 2.45) is 0 Å². The van der Waals surface area contributed by atoms with Crippen molar-refractivity contribution < 1.29 is 14.4 Å². The first-order chi connectivity index (χ1) is 9.13. The maximum atomic E-state index is 11.8. The lowest BCUT2D eigenvalue weighted by atomic mass is 10.1. The highest BCUT2D eigenvalue weighted by Crippen LogP contribution is 2.23. The van der Waals surface area contributed by atoms with Crippen LogP contribution < -0.4 is 10.2 Å². The molecule has 98 valence electrons. The van der Waals surface area contributed by atoms with Gasteiger partial charge in [0.05, 0.1) is 5.69 Å². The van der Waals surface area contributed by atoms with Crippen molar-refractivity contribution >= 4 is 23.4 Å². The smallest absolute Gasteiger partial charge is 0.251 e. The van der Waals surface area contributed by atoms with Gasteiger partial charge in [0.1, 0.15) is 0 Å². The van der Waals surface area contributed by atoms with Crippen LogP contribution in [-0.4, -0.2) is 24.3 Å². The van der Waals surface area contributed by atoms with E-state index < -0.39 is 0 Å². The third-order valence-corrected chi connectivity index (χ3v) is 2.83. The first-order valence-electron chi connectivity index (χ1n) is 5.98. The molecule has 0 unspecified atom stereocenters. The summed E-state index contributed by atoms with van der Waals surface area (Å²) in [4.78, 5) is 36.2. The number of anilines is 1. The Kier molecular flexibility index (Phi) is 3.75. The number of hydrogen-bond acceptors (Lipinski definition) is 3. The molecule has 1 saturated heterocycles. The van der Waals surface area contributed by atoms with Gasteiger partial charge in [0.25, 0.3) is 5.91 Å². The Hall–Kier alpha value is -2.43. The first kappa shape index (κ1) is 13.0. The second-order valence-corrected chi connectivity index (χ2v) is 4.17. The van der Waals surface area contributed by atoms with E-state index in [1.807, 2.05) is 0 Å². The van der Waals surface area contributed by atoms with Crippen molar-refractivity contribution in [1.29, 1.82) is 0 Å². The summed E-state index contributed by atoms with van der Waals surface area (Å²) in [5, 5.41) is 2.64. The topological polar surface area (TPSA) is 66.5 Å². The molecular formula is C14H14N2O3. The summed E-state index contributed by atoms with van der Waals surface area (Å²) in [6, 6.07) is 6.47. The van der Waals surface area contributed by atoms with E-state index in [-0.39, 0.29) is 30.6 Å². The summed E-state index contributed by atoms with van der Waals surface area (Å²) in [6.45, 7) is 3.88. The van der Waals surface area contributed by atoms with Gasteiger partial charge in [0.15, 0.2) is 0 Å². The molecule has 1 N–H and O–H groups in total. The van der Waals surface area contributed by atoms with Crippen LogP contribution in [0.2, 0.25) is 0 Å². The van der Waals surface area contributed by atoms with Gasteiger partial charge >= 0.3 is 0 Å². The summed E-state index contributed by atoms with van der Waals surface area (Å²) in [5.74, 6) is -0.719. The molecule has 5 heteroatoms. The summed E-state index contributed by atoms with van der Waals surface area (Å²) >= 11 is 0. The molecule has 1 aliphatic heterocycles. The van der Waals surface area contributed by atoms with Crippen LogP contribution in [0.5, 0.6) is 0 Å². The summed E-state index contributed by atoms with van der Waals surface area (Å²) in [5.41, 5.74) is 0.852. The Morgan fingerprint density at radius 1 is 1.32 bits per heavy atom. The minimum atomic E-state index is -0.263. The van der Waals surface area contributed by atoms with Gasteiger partial charge in [-0.15, -0.1) is 6.58 Å². The molecule has 1 fully saturated rings. The maximum absolute atomic E-state index is 11.8. The van der Waals surface area contributed by atoms with Gasteiger partial charge in [-0.3, -0.25) is 19.3 Å². The second-order valence-electron chi connectivity index (χ2n) is 4.17. The van der Waals surface area contributed by atoms with Crippen LogP contribution in [-0.2, 0) is 9.59 Å². The normalized spacial score (nSPS) is 14.6. The van der Waals surface area contributed by atoms with E-state index in [4.69, 9.17) is 0 Å². The molecule has 1 aromatic carbocycles. The lowest BCUT2D eigenvalue weighted by Crippen LogP contribution is -2.29. The molecule has 0 atom stereocenters. The van der Waals surface area contributed by atoms with Crippen molar-refractivity contribution in [1.82, 2.24) is 5.32 Å². The molecule has 1 heterocycles. The number of amides is 3. The largest absolute Gasteiger partial charge is 0.349 e. The number of imide groups is 1. The number of carbonyl (C=O) groups is 3. The molecule has 0 aromatic heterocycles.